The summed E-state index contributed by atoms with van der Waals surface area (Å²) >= 11 is 0. The van der Waals surface area contributed by atoms with E-state index in [0.717, 1.165) is 24.0 Å². The molecule has 2 aromatic heterocycles. The third kappa shape index (κ3) is 5.61. The van der Waals surface area contributed by atoms with Crippen LogP contribution in [0.4, 0.5) is 0 Å². The van der Waals surface area contributed by atoms with Gasteiger partial charge in [-0.1, -0.05) is 0 Å². The molecule has 0 fully saturated rings. The summed E-state index contributed by atoms with van der Waals surface area (Å²) in [6, 6.07) is 7.73. The Morgan fingerprint density at radius 2 is 1.11 bits per heavy atom. The molecule has 2 amide bonds. The maximum atomic E-state index is 12.9. The van der Waals surface area contributed by atoms with Crippen molar-refractivity contribution in [2.75, 3.05) is 27.2 Å². The zero-order valence-electron chi connectivity index (χ0n) is 16.6. The average Bonchev–Trinajstić information content (AvgIpc) is 2.70. The lowest BCUT2D eigenvalue weighted by atomic mass is 9.89. The van der Waals surface area contributed by atoms with Crippen LogP contribution in [0.1, 0.15) is 25.0 Å². The molecule has 0 saturated heterocycles. The molecule has 0 spiro atoms. The topological polar surface area (TPSA) is 66.4 Å². The molecule has 0 N–H and O–H groups in total. The van der Waals surface area contributed by atoms with Crippen LogP contribution in [0.25, 0.3) is 0 Å². The molecule has 6 nitrogen and oxygen atoms in total. The Morgan fingerprint density at radius 3 is 1.44 bits per heavy atom. The van der Waals surface area contributed by atoms with E-state index in [0.29, 0.717) is 13.1 Å². The van der Waals surface area contributed by atoms with Gasteiger partial charge in [-0.05, 0) is 62.1 Å². The fraction of sp³-hybridized carbons (Fsp3) is 0.429. The van der Waals surface area contributed by atoms with Gasteiger partial charge >= 0.3 is 0 Å². The van der Waals surface area contributed by atoms with E-state index < -0.39 is 5.41 Å². The predicted octanol–water partition coefficient (Wildman–Crippen LogP) is 2.20. The fourth-order valence-corrected chi connectivity index (χ4v) is 2.94. The highest BCUT2D eigenvalue weighted by Gasteiger charge is 2.39. The maximum Gasteiger partial charge on any atom is 0.237 e. The van der Waals surface area contributed by atoms with E-state index in [1.54, 1.807) is 62.5 Å². The third-order valence-corrected chi connectivity index (χ3v) is 4.73. The van der Waals surface area contributed by atoms with Crippen LogP contribution in [0.2, 0.25) is 0 Å². The van der Waals surface area contributed by atoms with E-state index in [1.807, 2.05) is 24.3 Å². The van der Waals surface area contributed by atoms with Crippen molar-refractivity contribution >= 4 is 11.8 Å². The Bertz CT molecular complexity index is 684. The van der Waals surface area contributed by atoms with Crippen LogP contribution >= 0.6 is 0 Å². The molecule has 2 heterocycles. The first-order chi connectivity index (χ1) is 12.8. The smallest absolute Gasteiger partial charge is 0.237 e. The van der Waals surface area contributed by atoms with Gasteiger partial charge in [-0.15, -0.1) is 0 Å². The summed E-state index contributed by atoms with van der Waals surface area (Å²) in [5.74, 6) is -0.338. The van der Waals surface area contributed by atoms with Crippen LogP contribution in [0.3, 0.4) is 0 Å². The lowest BCUT2D eigenvalue weighted by Gasteiger charge is -2.32. The van der Waals surface area contributed by atoms with Crippen LogP contribution in [-0.4, -0.2) is 58.8 Å². The Kier molecular flexibility index (Phi) is 7.05. The Labute approximate surface area is 161 Å². The first-order valence-electron chi connectivity index (χ1n) is 9.11. The molecule has 0 unspecified atom stereocenters. The van der Waals surface area contributed by atoms with Gasteiger partial charge < -0.3 is 9.80 Å². The molecular formula is C21H28N4O2. The van der Waals surface area contributed by atoms with E-state index in [9.17, 15) is 9.59 Å². The van der Waals surface area contributed by atoms with E-state index in [1.165, 1.54) is 0 Å². The zero-order valence-corrected chi connectivity index (χ0v) is 16.6. The van der Waals surface area contributed by atoms with Crippen molar-refractivity contribution in [3.63, 3.8) is 0 Å². The highest BCUT2D eigenvalue weighted by Crippen LogP contribution is 2.22. The summed E-state index contributed by atoms with van der Waals surface area (Å²) in [6.07, 6.45) is 8.41. The molecule has 2 rings (SSSR count). The lowest BCUT2D eigenvalue weighted by molar-refractivity contribution is -0.152. The van der Waals surface area contributed by atoms with Crippen LogP contribution in [0.15, 0.2) is 49.1 Å². The van der Waals surface area contributed by atoms with Gasteiger partial charge in [0.15, 0.2) is 0 Å². The van der Waals surface area contributed by atoms with E-state index in [4.69, 9.17) is 0 Å². The quantitative estimate of drug-likeness (QED) is 0.670. The Balaban J connectivity index is 1.91. The highest BCUT2D eigenvalue weighted by atomic mass is 16.2. The van der Waals surface area contributed by atoms with Crippen LogP contribution in [0.5, 0.6) is 0 Å². The largest absolute Gasteiger partial charge is 0.345 e. The molecule has 0 aliphatic carbocycles. The molecule has 2 aromatic rings. The van der Waals surface area contributed by atoms with E-state index in [-0.39, 0.29) is 11.8 Å². The van der Waals surface area contributed by atoms with Gasteiger partial charge in [0.05, 0.1) is 0 Å². The molecule has 0 atom stereocenters. The molecule has 0 bridgehead atoms. The second-order valence-electron chi connectivity index (χ2n) is 7.29. The number of nitrogens with zero attached hydrogens (tertiary/aromatic N) is 4. The molecule has 0 aromatic carbocycles. The van der Waals surface area contributed by atoms with Gasteiger partial charge in [0.2, 0.25) is 11.8 Å². The second kappa shape index (κ2) is 9.26. The molecule has 27 heavy (non-hydrogen) atoms. The van der Waals surface area contributed by atoms with E-state index in [2.05, 4.69) is 9.97 Å². The van der Waals surface area contributed by atoms with Gasteiger partial charge in [-0.25, -0.2) is 0 Å². The monoisotopic (exact) mass is 368 g/mol. The summed E-state index contributed by atoms with van der Waals surface area (Å²) in [5.41, 5.74) is 1.13. The van der Waals surface area contributed by atoms with Crippen LogP contribution in [-0.2, 0) is 22.4 Å². The minimum atomic E-state index is -1.10. The van der Waals surface area contributed by atoms with Gasteiger partial charge in [0.1, 0.15) is 5.41 Å². The van der Waals surface area contributed by atoms with Crippen molar-refractivity contribution in [1.29, 1.82) is 0 Å². The molecule has 6 heteroatoms. The first kappa shape index (κ1) is 20.6. The maximum absolute atomic E-state index is 12.9. The van der Waals surface area contributed by atoms with Crippen LogP contribution < -0.4 is 0 Å². The standard InChI is InChI=1S/C21H28N4O2/c1-21(2,19(26)24(3)15-9-17-5-11-22-12-6-17)20(27)25(4)16-10-18-7-13-23-14-8-18/h5-8,11-14H,9-10,15-16H2,1-4H3. The molecule has 0 aliphatic rings. The van der Waals surface area contributed by atoms with Crippen molar-refractivity contribution in [3.8, 4) is 0 Å². The average molecular weight is 368 g/mol. The predicted molar refractivity (Wildman–Crippen MR) is 105 cm³/mol. The van der Waals surface area contributed by atoms with Crippen molar-refractivity contribution < 1.29 is 9.59 Å². The summed E-state index contributed by atoms with van der Waals surface area (Å²) in [4.78, 5) is 37.0. The number of hydrogen-bond donors (Lipinski definition) is 0. The molecular weight excluding hydrogens is 340 g/mol. The van der Waals surface area contributed by atoms with Crippen LogP contribution in [0, 0.1) is 5.41 Å². The lowest BCUT2D eigenvalue weighted by Crippen LogP contribution is -2.49. The van der Waals surface area contributed by atoms with E-state index >= 15 is 0 Å². The van der Waals surface area contributed by atoms with Gasteiger partial charge in [-0.3, -0.25) is 19.6 Å². The number of aromatic nitrogens is 2. The number of hydrogen-bond acceptors (Lipinski definition) is 4. The fourth-order valence-electron chi connectivity index (χ4n) is 2.94. The van der Waals surface area contributed by atoms with Gasteiger partial charge in [0.25, 0.3) is 0 Å². The normalized spacial score (nSPS) is 11.1. The van der Waals surface area contributed by atoms with Crippen molar-refractivity contribution in [3.05, 3.63) is 60.2 Å². The molecule has 0 saturated carbocycles. The molecule has 0 radical (unpaired) electrons. The minimum absolute atomic E-state index is 0.169. The second-order valence-corrected chi connectivity index (χ2v) is 7.29. The Morgan fingerprint density at radius 1 is 0.778 bits per heavy atom. The number of amides is 2. The number of likely N-dealkylation sites (N-methyl/N-ethyl adjacent to an activating group) is 2. The first-order valence-corrected chi connectivity index (χ1v) is 9.11. The number of carbonyl (C=O) groups excluding carboxylic acids is 2. The zero-order chi connectivity index (χ0) is 19.9. The number of carbonyl (C=O) groups is 2. The van der Waals surface area contributed by atoms with Crippen molar-refractivity contribution in [2.45, 2.75) is 26.7 Å². The molecule has 144 valence electrons. The van der Waals surface area contributed by atoms with Gasteiger partial charge in [-0.2, -0.15) is 0 Å². The third-order valence-electron chi connectivity index (χ3n) is 4.73. The summed E-state index contributed by atoms with van der Waals surface area (Å²) in [6.45, 7) is 4.51. The Hall–Kier alpha value is -2.76. The minimum Gasteiger partial charge on any atom is -0.345 e. The summed E-state index contributed by atoms with van der Waals surface area (Å²) in [7, 11) is 3.49. The number of rotatable bonds is 8. The number of pyridine rings is 2. The van der Waals surface area contributed by atoms with Crippen molar-refractivity contribution in [2.24, 2.45) is 5.41 Å². The summed E-state index contributed by atoms with van der Waals surface area (Å²) < 4.78 is 0. The highest BCUT2D eigenvalue weighted by molar-refractivity contribution is 6.04. The molecule has 0 aliphatic heterocycles. The summed E-state index contributed by atoms with van der Waals surface area (Å²) in [5, 5.41) is 0. The van der Waals surface area contributed by atoms with Gasteiger partial charge in [0, 0.05) is 52.0 Å². The van der Waals surface area contributed by atoms with Crippen molar-refractivity contribution in [1.82, 2.24) is 19.8 Å². The SMILES string of the molecule is CN(CCc1ccncc1)C(=O)C(C)(C)C(=O)N(C)CCc1ccncc1.